The minimum atomic E-state index is -2.56. The Morgan fingerprint density at radius 1 is 1.53 bits per heavy atom. The summed E-state index contributed by atoms with van der Waals surface area (Å²) in [4.78, 5) is 0. The molecule has 0 saturated heterocycles. The van der Waals surface area contributed by atoms with Crippen LogP contribution >= 0.6 is 12.4 Å². The Balaban J connectivity index is 0.00000312. The summed E-state index contributed by atoms with van der Waals surface area (Å²) in [6.07, 6.45) is 2.94. The van der Waals surface area contributed by atoms with Gasteiger partial charge in [0.15, 0.2) is 0 Å². The molecule has 0 amide bonds. The highest BCUT2D eigenvalue weighted by molar-refractivity contribution is 5.85. The number of aliphatic hydroxyl groups is 1. The summed E-state index contributed by atoms with van der Waals surface area (Å²) in [6, 6.07) is 6.41. The van der Waals surface area contributed by atoms with Crippen LogP contribution in [-0.2, 0) is 5.60 Å². The summed E-state index contributed by atoms with van der Waals surface area (Å²) in [5.41, 5.74) is -0.647. The predicted octanol–water partition coefficient (Wildman–Crippen LogP) is 2.71. The minimum absolute atomic E-state index is 0. The van der Waals surface area contributed by atoms with Crippen LogP contribution < -0.4 is 10.1 Å². The Labute approximate surface area is 130 Å². The van der Waals surface area contributed by atoms with E-state index in [0.717, 1.165) is 12.8 Å². The van der Waals surface area contributed by atoms with Crippen LogP contribution in [0.3, 0.4) is 0 Å². The molecular formula is C15H24ClNO2. The van der Waals surface area contributed by atoms with Crippen LogP contribution in [0.25, 0.3) is 0 Å². The summed E-state index contributed by atoms with van der Waals surface area (Å²) in [6.45, 7) is -2.10. The van der Waals surface area contributed by atoms with Crippen molar-refractivity contribution in [2.75, 3.05) is 20.6 Å². The zero-order chi connectivity index (χ0) is 18.0. The molecule has 4 heteroatoms. The van der Waals surface area contributed by atoms with Crippen molar-refractivity contribution in [3.8, 4) is 5.75 Å². The fourth-order valence-corrected chi connectivity index (χ4v) is 2.83. The van der Waals surface area contributed by atoms with Crippen molar-refractivity contribution >= 4 is 12.4 Å². The summed E-state index contributed by atoms with van der Waals surface area (Å²) >= 11 is 0. The fourth-order valence-electron chi connectivity index (χ4n) is 2.83. The first-order valence-electron chi connectivity index (χ1n) is 9.27. The maximum atomic E-state index is 11.2. The number of rotatable bonds is 4. The van der Waals surface area contributed by atoms with Crippen LogP contribution in [0.1, 0.15) is 39.5 Å². The zero-order valence-corrected chi connectivity index (χ0v) is 11.5. The molecule has 19 heavy (non-hydrogen) atoms. The highest BCUT2D eigenvalue weighted by Gasteiger charge is 2.39. The lowest BCUT2D eigenvalue weighted by atomic mass is 9.71. The second-order valence-electron chi connectivity index (χ2n) is 4.88. The van der Waals surface area contributed by atoms with E-state index in [1.54, 1.807) is 12.1 Å². The average Bonchev–Trinajstić information content (AvgIpc) is 2.44. The van der Waals surface area contributed by atoms with E-state index in [-0.39, 0.29) is 30.6 Å². The van der Waals surface area contributed by atoms with Gasteiger partial charge in [-0.2, -0.15) is 0 Å². The summed E-state index contributed by atoms with van der Waals surface area (Å²) in [5, 5.41) is 13.7. The third-order valence-corrected chi connectivity index (χ3v) is 3.84. The average molecular weight is 292 g/mol. The molecule has 0 bridgehead atoms. The highest BCUT2D eigenvalue weighted by Crippen LogP contribution is 2.42. The van der Waals surface area contributed by atoms with Gasteiger partial charge in [0, 0.05) is 16.6 Å². The first kappa shape index (κ1) is 9.22. The monoisotopic (exact) mass is 291 g/mol. The van der Waals surface area contributed by atoms with E-state index in [1.807, 2.05) is 0 Å². The van der Waals surface area contributed by atoms with E-state index >= 15 is 0 Å². The number of benzene rings is 1. The molecule has 1 aromatic rings. The molecule has 0 spiro atoms. The summed E-state index contributed by atoms with van der Waals surface area (Å²) in [7, 11) is -2.56. The quantitative estimate of drug-likeness (QED) is 0.896. The molecule has 1 aliphatic carbocycles. The second-order valence-corrected chi connectivity index (χ2v) is 4.88. The minimum Gasteiger partial charge on any atom is -0.497 e. The lowest BCUT2D eigenvalue weighted by Crippen LogP contribution is -2.42. The molecule has 0 heterocycles. The number of hydrogen-bond donors (Lipinski definition) is 2. The van der Waals surface area contributed by atoms with Gasteiger partial charge in [-0.3, -0.25) is 0 Å². The molecule has 1 aliphatic rings. The maximum Gasteiger partial charge on any atom is 0.119 e. The SMILES string of the molecule is Cl.[2H]C([2H])([2H])NC[C@H]1CCCC[C@]1(O)c1cccc(OC([2H])([2H])[2H])c1. The molecule has 2 rings (SSSR count). The Morgan fingerprint density at radius 3 is 3.21 bits per heavy atom. The Kier molecular flexibility index (Phi) is 3.46. The van der Waals surface area contributed by atoms with Crippen LogP contribution in [0.4, 0.5) is 0 Å². The van der Waals surface area contributed by atoms with Crippen molar-refractivity contribution in [1.82, 2.24) is 5.32 Å². The lowest BCUT2D eigenvalue weighted by molar-refractivity contribution is -0.0531. The molecule has 1 aromatic carbocycles. The summed E-state index contributed by atoms with van der Waals surface area (Å²) in [5.74, 6) is -0.108. The second kappa shape index (κ2) is 7.13. The number of nitrogens with one attached hydrogen (secondary N) is 1. The molecule has 3 nitrogen and oxygen atoms in total. The van der Waals surface area contributed by atoms with Crippen molar-refractivity contribution in [1.29, 1.82) is 0 Å². The van der Waals surface area contributed by atoms with E-state index in [9.17, 15) is 5.11 Å². The Hall–Kier alpha value is -0.770. The highest BCUT2D eigenvalue weighted by atomic mass is 35.5. The number of ether oxygens (including phenoxy) is 1. The van der Waals surface area contributed by atoms with E-state index < -0.39 is 19.6 Å². The van der Waals surface area contributed by atoms with Crippen molar-refractivity contribution in [2.45, 2.75) is 31.3 Å². The normalized spacial score (nSPS) is 32.6. The lowest BCUT2D eigenvalue weighted by Gasteiger charge is -2.40. The van der Waals surface area contributed by atoms with Gasteiger partial charge < -0.3 is 15.2 Å². The van der Waals surface area contributed by atoms with Gasteiger partial charge in [-0.15, -0.1) is 12.4 Å². The van der Waals surface area contributed by atoms with Gasteiger partial charge in [0.05, 0.1) is 16.8 Å². The number of hydrogen-bond acceptors (Lipinski definition) is 3. The third kappa shape index (κ3) is 3.41. The van der Waals surface area contributed by atoms with Gasteiger partial charge in [-0.1, -0.05) is 25.0 Å². The molecule has 0 radical (unpaired) electrons. The van der Waals surface area contributed by atoms with Gasteiger partial charge in [0.2, 0.25) is 0 Å². The van der Waals surface area contributed by atoms with Crippen LogP contribution in [0, 0.1) is 5.92 Å². The first-order chi connectivity index (χ1) is 11.0. The molecule has 0 unspecified atom stereocenters. The van der Waals surface area contributed by atoms with E-state index in [1.165, 1.54) is 12.1 Å². The third-order valence-electron chi connectivity index (χ3n) is 3.84. The van der Waals surface area contributed by atoms with Gasteiger partial charge in [0.1, 0.15) is 5.75 Å². The maximum absolute atomic E-state index is 11.2. The number of methoxy groups -OCH3 is 1. The zero-order valence-electron chi connectivity index (χ0n) is 16.7. The molecule has 1 fully saturated rings. The molecule has 1 saturated carbocycles. The van der Waals surface area contributed by atoms with Gasteiger partial charge in [-0.05, 0) is 37.5 Å². The van der Waals surface area contributed by atoms with E-state index in [4.69, 9.17) is 13.0 Å². The van der Waals surface area contributed by atoms with Gasteiger partial charge in [-0.25, -0.2) is 0 Å². The van der Waals surface area contributed by atoms with Crippen molar-refractivity contribution in [3.05, 3.63) is 29.8 Å². The predicted molar refractivity (Wildman–Crippen MR) is 80.0 cm³/mol. The van der Waals surface area contributed by atoms with Crippen LogP contribution in [0.2, 0.25) is 0 Å². The van der Waals surface area contributed by atoms with Crippen molar-refractivity contribution in [3.63, 3.8) is 0 Å². The molecular weight excluding hydrogens is 262 g/mol. The summed E-state index contributed by atoms with van der Waals surface area (Å²) < 4.78 is 48.3. The molecule has 0 aliphatic heterocycles. The Morgan fingerprint density at radius 2 is 2.42 bits per heavy atom. The van der Waals surface area contributed by atoms with Crippen LogP contribution in [0.15, 0.2) is 24.3 Å². The topological polar surface area (TPSA) is 41.5 Å². The van der Waals surface area contributed by atoms with Crippen molar-refractivity contribution in [2.24, 2.45) is 5.92 Å². The largest absolute Gasteiger partial charge is 0.497 e. The first-order valence-corrected chi connectivity index (χ1v) is 6.27. The van der Waals surface area contributed by atoms with E-state index in [0.29, 0.717) is 18.4 Å². The Bertz CT molecular complexity index is 566. The number of halogens is 1. The van der Waals surface area contributed by atoms with Gasteiger partial charge in [0.25, 0.3) is 0 Å². The standard InChI is InChI=1S/C15H23NO2.ClH/c1-16-11-13-6-3-4-9-15(13,17)12-7-5-8-14(10-12)18-2;/h5,7-8,10,13,16-17H,3-4,6,9,11H2,1-2H3;1H/t13-,15+;/m1./s1/i1D3,2D3;. The van der Waals surface area contributed by atoms with Gasteiger partial charge >= 0.3 is 0 Å². The molecule has 2 atom stereocenters. The molecule has 108 valence electrons. The van der Waals surface area contributed by atoms with Crippen molar-refractivity contribution < 1.29 is 18.1 Å². The smallest absolute Gasteiger partial charge is 0.119 e. The molecule has 0 aromatic heterocycles. The van der Waals surface area contributed by atoms with E-state index in [2.05, 4.69) is 5.32 Å². The molecule has 2 N–H and O–H groups in total. The van der Waals surface area contributed by atoms with Crippen LogP contribution in [0.5, 0.6) is 5.75 Å². The van der Waals surface area contributed by atoms with Crippen LogP contribution in [-0.4, -0.2) is 25.7 Å². The fraction of sp³-hybridized carbons (Fsp3) is 0.600.